The van der Waals surface area contributed by atoms with E-state index < -0.39 is 11.6 Å². The standard InChI is InChI=1S/C13H18F2N2.ClH/c1-9(17-6-4-11(16)5-7-17)12-3-2-10(14)8-13(12)15;/h2-3,8-9,11H,4-7,16H2,1H3;1H. The maximum atomic E-state index is 13.6. The Morgan fingerprint density at radius 3 is 2.44 bits per heavy atom. The van der Waals surface area contributed by atoms with Crippen LogP contribution in [-0.4, -0.2) is 24.0 Å². The molecule has 1 aliphatic heterocycles. The van der Waals surface area contributed by atoms with Crippen molar-refractivity contribution in [1.82, 2.24) is 4.90 Å². The van der Waals surface area contributed by atoms with E-state index in [1.54, 1.807) is 0 Å². The van der Waals surface area contributed by atoms with Crippen molar-refractivity contribution < 1.29 is 8.78 Å². The van der Waals surface area contributed by atoms with Gasteiger partial charge in [-0.25, -0.2) is 8.78 Å². The lowest BCUT2D eigenvalue weighted by Crippen LogP contribution is -2.41. The van der Waals surface area contributed by atoms with E-state index in [9.17, 15) is 8.78 Å². The summed E-state index contributed by atoms with van der Waals surface area (Å²) < 4.78 is 26.5. The van der Waals surface area contributed by atoms with Gasteiger partial charge in [-0.1, -0.05) is 6.07 Å². The Morgan fingerprint density at radius 2 is 1.89 bits per heavy atom. The van der Waals surface area contributed by atoms with E-state index in [0.717, 1.165) is 32.0 Å². The second kappa shape index (κ2) is 6.45. The minimum absolute atomic E-state index is 0. The summed E-state index contributed by atoms with van der Waals surface area (Å²) in [6.07, 6.45) is 1.88. The van der Waals surface area contributed by atoms with Gasteiger partial charge in [-0.15, -0.1) is 12.4 Å². The number of piperidine rings is 1. The van der Waals surface area contributed by atoms with Crippen LogP contribution in [0.3, 0.4) is 0 Å². The normalized spacial score (nSPS) is 19.3. The minimum atomic E-state index is -0.529. The van der Waals surface area contributed by atoms with Gasteiger partial charge in [-0.05, 0) is 25.8 Å². The molecule has 1 aromatic carbocycles. The van der Waals surface area contributed by atoms with Gasteiger partial charge in [0.25, 0.3) is 0 Å². The monoisotopic (exact) mass is 276 g/mol. The topological polar surface area (TPSA) is 29.3 Å². The summed E-state index contributed by atoms with van der Waals surface area (Å²) in [4.78, 5) is 2.19. The maximum absolute atomic E-state index is 13.6. The molecule has 0 amide bonds. The fourth-order valence-electron chi connectivity index (χ4n) is 2.34. The van der Waals surface area contributed by atoms with E-state index in [4.69, 9.17) is 5.73 Å². The van der Waals surface area contributed by atoms with Crippen molar-refractivity contribution in [3.8, 4) is 0 Å². The zero-order valence-electron chi connectivity index (χ0n) is 10.4. The fraction of sp³-hybridized carbons (Fsp3) is 0.538. The first kappa shape index (κ1) is 15.3. The quantitative estimate of drug-likeness (QED) is 0.900. The molecule has 1 saturated heterocycles. The Bertz CT molecular complexity index is 393. The maximum Gasteiger partial charge on any atom is 0.130 e. The van der Waals surface area contributed by atoms with Gasteiger partial charge < -0.3 is 5.73 Å². The Morgan fingerprint density at radius 1 is 1.28 bits per heavy atom. The molecule has 0 aromatic heterocycles. The molecular formula is C13H19ClF2N2. The van der Waals surface area contributed by atoms with Crippen LogP contribution in [0.15, 0.2) is 18.2 Å². The van der Waals surface area contributed by atoms with Crippen LogP contribution in [0.2, 0.25) is 0 Å². The second-order valence-corrected chi connectivity index (χ2v) is 4.72. The van der Waals surface area contributed by atoms with E-state index >= 15 is 0 Å². The van der Waals surface area contributed by atoms with E-state index in [2.05, 4.69) is 4.90 Å². The van der Waals surface area contributed by atoms with Crippen molar-refractivity contribution in [1.29, 1.82) is 0 Å². The van der Waals surface area contributed by atoms with Crippen LogP contribution in [0.4, 0.5) is 8.78 Å². The zero-order valence-corrected chi connectivity index (χ0v) is 11.2. The van der Waals surface area contributed by atoms with Gasteiger partial charge in [0, 0.05) is 36.8 Å². The predicted octanol–water partition coefficient (Wildman–Crippen LogP) is 2.87. The summed E-state index contributed by atoms with van der Waals surface area (Å²) in [6.45, 7) is 3.70. The van der Waals surface area contributed by atoms with Gasteiger partial charge in [0.1, 0.15) is 11.6 Å². The van der Waals surface area contributed by atoms with Gasteiger partial charge in [0.2, 0.25) is 0 Å². The van der Waals surface area contributed by atoms with E-state index in [1.165, 1.54) is 12.1 Å². The van der Waals surface area contributed by atoms with Crippen LogP contribution in [-0.2, 0) is 0 Å². The highest BCUT2D eigenvalue weighted by Gasteiger charge is 2.23. The van der Waals surface area contributed by atoms with E-state index in [1.807, 2.05) is 6.92 Å². The molecule has 1 aliphatic rings. The smallest absolute Gasteiger partial charge is 0.130 e. The van der Waals surface area contributed by atoms with Crippen LogP contribution >= 0.6 is 12.4 Å². The van der Waals surface area contributed by atoms with Crippen molar-refractivity contribution >= 4 is 12.4 Å². The predicted molar refractivity (Wildman–Crippen MR) is 70.8 cm³/mol. The number of hydrogen-bond acceptors (Lipinski definition) is 2. The van der Waals surface area contributed by atoms with Crippen LogP contribution in [0.5, 0.6) is 0 Å². The lowest BCUT2D eigenvalue weighted by Gasteiger charge is -2.35. The minimum Gasteiger partial charge on any atom is -0.328 e. The molecule has 0 spiro atoms. The highest BCUT2D eigenvalue weighted by atomic mass is 35.5. The van der Waals surface area contributed by atoms with Gasteiger partial charge in [0.05, 0.1) is 0 Å². The molecule has 0 bridgehead atoms. The summed E-state index contributed by atoms with van der Waals surface area (Å²) in [7, 11) is 0. The van der Waals surface area contributed by atoms with Crippen molar-refractivity contribution in [2.75, 3.05) is 13.1 Å². The summed E-state index contributed by atoms with van der Waals surface area (Å²) in [5, 5.41) is 0. The van der Waals surface area contributed by atoms with Gasteiger partial charge >= 0.3 is 0 Å². The first-order chi connectivity index (χ1) is 8.08. The molecule has 102 valence electrons. The number of likely N-dealkylation sites (tertiary alicyclic amines) is 1. The lowest BCUT2D eigenvalue weighted by atomic mass is 10.0. The number of hydrogen-bond donors (Lipinski definition) is 1. The molecule has 18 heavy (non-hydrogen) atoms. The largest absolute Gasteiger partial charge is 0.328 e. The van der Waals surface area contributed by atoms with Crippen molar-refractivity contribution in [2.24, 2.45) is 5.73 Å². The Labute approximate surface area is 113 Å². The number of nitrogens with two attached hydrogens (primary N) is 1. The third-order valence-corrected chi connectivity index (χ3v) is 3.53. The van der Waals surface area contributed by atoms with Crippen LogP contribution < -0.4 is 5.73 Å². The van der Waals surface area contributed by atoms with E-state index in [-0.39, 0.29) is 24.5 Å². The third kappa shape index (κ3) is 3.40. The molecule has 2 nitrogen and oxygen atoms in total. The fourth-order valence-corrected chi connectivity index (χ4v) is 2.34. The molecule has 0 radical (unpaired) electrons. The number of rotatable bonds is 2. The zero-order chi connectivity index (χ0) is 12.4. The Balaban J connectivity index is 0.00000162. The average Bonchev–Trinajstić information content (AvgIpc) is 2.29. The summed E-state index contributed by atoms with van der Waals surface area (Å²) >= 11 is 0. The van der Waals surface area contributed by atoms with Crippen LogP contribution in [0.25, 0.3) is 0 Å². The van der Waals surface area contributed by atoms with Gasteiger partial charge in [-0.3, -0.25) is 4.90 Å². The first-order valence-corrected chi connectivity index (χ1v) is 6.02. The number of benzene rings is 1. The molecule has 2 rings (SSSR count). The Kier molecular flexibility index (Phi) is 5.50. The summed E-state index contributed by atoms with van der Waals surface area (Å²) in [5.41, 5.74) is 6.39. The summed E-state index contributed by atoms with van der Waals surface area (Å²) in [5.74, 6) is -0.994. The average molecular weight is 277 g/mol. The van der Waals surface area contributed by atoms with E-state index in [0.29, 0.717) is 5.56 Å². The first-order valence-electron chi connectivity index (χ1n) is 6.02. The second-order valence-electron chi connectivity index (χ2n) is 4.72. The highest BCUT2D eigenvalue weighted by Crippen LogP contribution is 2.26. The molecule has 1 heterocycles. The molecule has 1 unspecified atom stereocenters. The summed E-state index contributed by atoms with van der Waals surface area (Å²) in [6, 6.07) is 4.02. The Hall–Kier alpha value is -0.710. The molecule has 1 fully saturated rings. The molecule has 1 aromatic rings. The molecule has 5 heteroatoms. The lowest BCUT2D eigenvalue weighted by molar-refractivity contribution is 0.160. The molecular weight excluding hydrogens is 258 g/mol. The number of nitrogens with zero attached hydrogens (tertiary/aromatic N) is 1. The molecule has 0 aliphatic carbocycles. The molecule has 2 N–H and O–H groups in total. The van der Waals surface area contributed by atoms with Gasteiger partial charge in [0.15, 0.2) is 0 Å². The van der Waals surface area contributed by atoms with Gasteiger partial charge in [-0.2, -0.15) is 0 Å². The third-order valence-electron chi connectivity index (χ3n) is 3.53. The van der Waals surface area contributed by atoms with Crippen LogP contribution in [0, 0.1) is 11.6 Å². The van der Waals surface area contributed by atoms with Crippen molar-refractivity contribution in [3.63, 3.8) is 0 Å². The van der Waals surface area contributed by atoms with Crippen molar-refractivity contribution in [3.05, 3.63) is 35.4 Å². The van der Waals surface area contributed by atoms with Crippen molar-refractivity contribution in [2.45, 2.75) is 31.8 Å². The SMILES string of the molecule is CC(c1ccc(F)cc1F)N1CCC(N)CC1.Cl. The highest BCUT2D eigenvalue weighted by molar-refractivity contribution is 5.85. The van der Waals surface area contributed by atoms with Crippen LogP contribution in [0.1, 0.15) is 31.4 Å². The molecule has 1 atom stereocenters. The molecule has 0 saturated carbocycles. The number of halogens is 3.